The number of rotatable bonds is 6. The van der Waals surface area contributed by atoms with Crippen LogP contribution in [0.1, 0.15) is 17.7 Å². The van der Waals surface area contributed by atoms with E-state index in [0.717, 1.165) is 17.7 Å². The smallest absolute Gasteiger partial charge is 0.245 e. The van der Waals surface area contributed by atoms with Gasteiger partial charge in [0.05, 0.1) is 0 Å². The first-order valence-corrected chi connectivity index (χ1v) is 9.11. The zero-order valence-corrected chi connectivity index (χ0v) is 13.3. The summed E-state index contributed by atoms with van der Waals surface area (Å²) in [5, 5.41) is 4.86. The molecule has 0 unspecified atom stereocenters. The van der Waals surface area contributed by atoms with Crippen LogP contribution in [0, 0.1) is 0 Å². The van der Waals surface area contributed by atoms with Crippen molar-refractivity contribution in [1.29, 1.82) is 0 Å². The summed E-state index contributed by atoms with van der Waals surface area (Å²) >= 11 is 1.58. The minimum atomic E-state index is -3.49. The highest BCUT2D eigenvalue weighted by atomic mass is 32.2. The Morgan fingerprint density at radius 1 is 1.38 bits per heavy atom. The van der Waals surface area contributed by atoms with Gasteiger partial charge in [-0.15, -0.1) is 11.3 Å². The largest absolute Gasteiger partial charge is 0.373 e. The molecule has 2 aromatic heterocycles. The second-order valence-electron chi connectivity index (χ2n) is 4.99. The van der Waals surface area contributed by atoms with Gasteiger partial charge in [0.25, 0.3) is 0 Å². The predicted molar refractivity (Wildman–Crippen MR) is 83.9 cm³/mol. The van der Waals surface area contributed by atoms with Crippen molar-refractivity contribution in [2.75, 3.05) is 12.4 Å². The number of thiophene rings is 1. The van der Waals surface area contributed by atoms with Crippen LogP contribution in [0.25, 0.3) is 0 Å². The minimum Gasteiger partial charge on any atom is -0.373 e. The van der Waals surface area contributed by atoms with Crippen molar-refractivity contribution < 1.29 is 8.42 Å². The lowest BCUT2D eigenvalue weighted by atomic mass is 10.4. The van der Waals surface area contributed by atoms with Crippen LogP contribution in [0.4, 0.5) is 5.82 Å². The molecule has 0 spiro atoms. The SMILES string of the molecule is CNc1ccc(S(=O)(=O)N(Cc2cccs2)C2CC2)cn1. The Bertz CT molecular complexity index is 692. The van der Waals surface area contributed by atoms with Gasteiger partial charge in [0.2, 0.25) is 10.0 Å². The third kappa shape index (κ3) is 3.09. The number of pyridine rings is 1. The van der Waals surface area contributed by atoms with Gasteiger partial charge in [-0.05, 0) is 36.4 Å². The van der Waals surface area contributed by atoms with E-state index in [2.05, 4.69) is 10.3 Å². The molecule has 3 rings (SSSR count). The Morgan fingerprint density at radius 2 is 2.19 bits per heavy atom. The van der Waals surface area contributed by atoms with Crippen molar-refractivity contribution in [3.63, 3.8) is 0 Å². The van der Waals surface area contributed by atoms with E-state index >= 15 is 0 Å². The van der Waals surface area contributed by atoms with Crippen LogP contribution in [0.5, 0.6) is 0 Å². The molecule has 1 saturated carbocycles. The molecule has 0 aliphatic heterocycles. The average molecular weight is 323 g/mol. The van der Waals surface area contributed by atoms with Crippen molar-refractivity contribution in [3.05, 3.63) is 40.7 Å². The third-order valence-corrected chi connectivity index (χ3v) is 6.19. The molecule has 2 heterocycles. The summed E-state index contributed by atoms with van der Waals surface area (Å²) in [7, 11) is -1.74. The van der Waals surface area contributed by atoms with Crippen molar-refractivity contribution in [2.45, 2.75) is 30.3 Å². The van der Waals surface area contributed by atoms with Crippen LogP contribution in [0.2, 0.25) is 0 Å². The molecule has 0 bridgehead atoms. The van der Waals surface area contributed by atoms with Gasteiger partial charge in [0.15, 0.2) is 0 Å². The van der Waals surface area contributed by atoms with Crippen LogP contribution in [0.15, 0.2) is 40.7 Å². The maximum atomic E-state index is 12.8. The van der Waals surface area contributed by atoms with Crippen LogP contribution < -0.4 is 5.32 Å². The molecule has 0 atom stereocenters. The molecule has 1 aliphatic rings. The summed E-state index contributed by atoms with van der Waals surface area (Å²) in [6.45, 7) is 0.443. The first-order valence-electron chi connectivity index (χ1n) is 6.79. The van der Waals surface area contributed by atoms with Gasteiger partial charge in [-0.3, -0.25) is 0 Å². The highest BCUT2D eigenvalue weighted by Gasteiger charge is 2.38. The number of aromatic nitrogens is 1. The normalized spacial score (nSPS) is 15.3. The molecule has 112 valence electrons. The Labute approximate surface area is 128 Å². The molecule has 2 aromatic rings. The highest BCUT2D eigenvalue weighted by Crippen LogP contribution is 2.34. The fourth-order valence-corrected chi connectivity index (χ4v) is 4.54. The number of anilines is 1. The van der Waals surface area contributed by atoms with Gasteiger partial charge in [0, 0.05) is 30.7 Å². The molecule has 21 heavy (non-hydrogen) atoms. The van der Waals surface area contributed by atoms with Gasteiger partial charge in [0.1, 0.15) is 10.7 Å². The maximum Gasteiger partial charge on any atom is 0.245 e. The number of nitrogens with zero attached hydrogens (tertiary/aromatic N) is 2. The lowest BCUT2D eigenvalue weighted by Gasteiger charge is -2.21. The third-order valence-electron chi connectivity index (χ3n) is 3.44. The molecule has 0 radical (unpaired) electrons. The fraction of sp³-hybridized carbons (Fsp3) is 0.357. The number of sulfonamides is 1. The summed E-state index contributed by atoms with van der Waals surface area (Å²) < 4.78 is 27.2. The molecular formula is C14H17N3O2S2. The number of hydrogen-bond donors (Lipinski definition) is 1. The summed E-state index contributed by atoms with van der Waals surface area (Å²) in [4.78, 5) is 5.42. The molecule has 1 fully saturated rings. The molecule has 7 heteroatoms. The monoisotopic (exact) mass is 323 g/mol. The van der Waals surface area contributed by atoms with E-state index in [0.29, 0.717) is 12.4 Å². The van der Waals surface area contributed by atoms with Gasteiger partial charge in [-0.2, -0.15) is 4.31 Å². The van der Waals surface area contributed by atoms with E-state index in [1.165, 1.54) is 6.20 Å². The zero-order chi connectivity index (χ0) is 14.9. The Morgan fingerprint density at radius 3 is 2.71 bits per heavy atom. The summed E-state index contributed by atoms with van der Waals surface area (Å²) in [6.07, 6.45) is 3.30. The lowest BCUT2D eigenvalue weighted by molar-refractivity contribution is 0.401. The van der Waals surface area contributed by atoms with E-state index in [1.54, 1.807) is 34.8 Å². The standard InChI is InChI=1S/C14H17N3O2S2/c1-15-14-7-6-13(9-16-14)21(18,19)17(11-4-5-11)10-12-3-2-8-20-12/h2-3,6-9,11H,4-5,10H2,1H3,(H,15,16). The topological polar surface area (TPSA) is 62.3 Å². The van der Waals surface area contributed by atoms with Crippen LogP contribution in [-0.2, 0) is 16.6 Å². The van der Waals surface area contributed by atoms with Gasteiger partial charge >= 0.3 is 0 Å². The second-order valence-corrected chi connectivity index (χ2v) is 7.91. The molecule has 0 saturated heterocycles. The van der Waals surface area contributed by atoms with Gasteiger partial charge in [-0.25, -0.2) is 13.4 Å². The van der Waals surface area contributed by atoms with Crippen LogP contribution >= 0.6 is 11.3 Å². The molecular weight excluding hydrogens is 306 g/mol. The van der Waals surface area contributed by atoms with Crippen molar-refractivity contribution in [2.24, 2.45) is 0 Å². The summed E-state index contributed by atoms with van der Waals surface area (Å²) in [5.41, 5.74) is 0. The maximum absolute atomic E-state index is 12.8. The first kappa shape index (κ1) is 14.5. The van der Waals surface area contributed by atoms with Crippen LogP contribution in [0.3, 0.4) is 0 Å². The average Bonchev–Trinajstić information content (AvgIpc) is 3.20. The Balaban J connectivity index is 1.89. The first-order chi connectivity index (χ1) is 10.1. The summed E-state index contributed by atoms with van der Waals surface area (Å²) in [5.74, 6) is 0.658. The van der Waals surface area contributed by atoms with E-state index < -0.39 is 10.0 Å². The lowest BCUT2D eigenvalue weighted by Crippen LogP contribution is -2.32. The van der Waals surface area contributed by atoms with Crippen molar-refractivity contribution >= 4 is 27.2 Å². The molecule has 0 amide bonds. The second kappa shape index (κ2) is 5.75. The van der Waals surface area contributed by atoms with E-state index in [4.69, 9.17) is 0 Å². The van der Waals surface area contributed by atoms with Crippen molar-refractivity contribution in [3.8, 4) is 0 Å². The van der Waals surface area contributed by atoms with Gasteiger partial charge in [-0.1, -0.05) is 6.07 Å². The van der Waals surface area contributed by atoms with Crippen LogP contribution in [-0.4, -0.2) is 30.8 Å². The Hall–Kier alpha value is -1.44. The van der Waals surface area contributed by atoms with E-state index in [-0.39, 0.29) is 10.9 Å². The summed E-state index contributed by atoms with van der Waals surface area (Å²) in [6, 6.07) is 7.33. The number of hydrogen-bond acceptors (Lipinski definition) is 5. The fourth-order valence-electron chi connectivity index (χ4n) is 2.15. The van der Waals surface area contributed by atoms with Crippen molar-refractivity contribution in [1.82, 2.24) is 9.29 Å². The zero-order valence-electron chi connectivity index (χ0n) is 11.7. The number of nitrogens with one attached hydrogen (secondary N) is 1. The molecule has 1 N–H and O–H groups in total. The highest BCUT2D eigenvalue weighted by molar-refractivity contribution is 7.89. The molecule has 1 aliphatic carbocycles. The van der Waals surface area contributed by atoms with E-state index in [1.807, 2.05) is 17.5 Å². The van der Waals surface area contributed by atoms with Gasteiger partial charge < -0.3 is 5.32 Å². The molecule has 5 nitrogen and oxygen atoms in total. The predicted octanol–water partition coefficient (Wildman–Crippen LogP) is 2.54. The Kier molecular flexibility index (Phi) is 3.97. The quantitative estimate of drug-likeness (QED) is 0.887. The molecule has 0 aromatic carbocycles. The van der Waals surface area contributed by atoms with E-state index in [9.17, 15) is 8.42 Å². The minimum absolute atomic E-state index is 0.126.